The molecule has 1 fully saturated rings. The SMILES string of the molecule is C[C@@H]1CC(O)CN1. The molecular weight excluding hydrogens is 90.1 g/mol. The van der Waals surface area contributed by atoms with E-state index < -0.39 is 0 Å². The molecule has 2 heteroatoms. The number of aliphatic hydroxyl groups is 1. The van der Waals surface area contributed by atoms with Gasteiger partial charge in [0.1, 0.15) is 0 Å². The summed E-state index contributed by atoms with van der Waals surface area (Å²) in [5.41, 5.74) is 0. The van der Waals surface area contributed by atoms with Crippen LogP contribution in [0.4, 0.5) is 0 Å². The maximum absolute atomic E-state index is 8.84. The van der Waals surface area contributed by atoms with Gasteiger partial charge in [-0.3, -0.25) is 0 Å². The molecule has 0 bridgehead atoms. The fraction of sp³-hybridized carbons (Fsp3) is 1.00. The number of hydrogen-bond donors (Lipinski definition) is 2. The lowest BCUT2D eigenvalue weighted by Crippen LogP contribution is -2.17. The summed E-state index contributed by atoms with van der Waals surface area (Å²) in [5, 5.41) is 12.0. The first-order valence-electron chi connectivity index (χ1n) is 2.70. The summed E-state index contributed by atoms with van der Waals surface area (Å²) in [6.07, 6.45) is 0.829. The Morgan fingerprint density at radius 2 is 2.43 bits per heavy atom. The Morgan fingerprint density at radius 1 is 1.71 bits per heavy atom. The predicted molar refractivity (Wildman–Crippen MR) is 28.1 cm³/mol. The third-order valence-corrected chi connectivity index (χ3v) is 1.33. The maximum atomic E-state index is 8.84. The molecule has 2 nitrogen and oxygen atoms in total. The van der Waals surface area contributed by atoms with Gasteiger partial charge in [0.2, 0.25) is 0 Å². The summed E-state index contributed by atoms with van der Waals surface area (Å²) in [6.45, 7) is 2.86. The smallest absolute Gasteiger partial charge is 0.0679 e. The summed E-state index contributed by atoms with van der Waals surface area (Å²) in [4.78, 5) is 0. The van der Waals surface area contributed by atoms with Crippen LogP contribution in [0.5, 0.6) is 0 Å². The topological polar surface area (TPSA) is 32.3 Å². The number of hydrogen-bond acceptors (Lipinski definition) is 2. The second-order valence-corrected chi connectivity index (χ2v) is 2.20. The quantitative estimate of drug-likeness (QED) is 0.440. The molecular formula is C5H11NO. The van der Waals surface area contributed by atoms with Crippen LogP contribution < -0.4 is 5.32 Å². The highest BCUT2D eigenvalue weighted by atomic mass is 16.3. The summed E-state index contributed by atoms with van der Waals surface area (Å²) < 4.78 is 0. The van der Waals surface area contributed by atoms with Crippen LogP contribution in [0.3, 0.4) is 0 Å². The molecule has 0 amide bonds. The first-order valence-corrected chi connectivity index (χ1v) is 2.70. The number of rotatable bonds is 0. The molecule has 1 rings (SSSR count). The van der Waals surface area contributed by atoms with E-state index in [2.05, 4.69) is 12.2 Å². The lowest BCUT2D eigenvalue weighted by atomic mass is 10.2. The van der Waals surface area contributed by atoms with Crippen molar-refractivity contribution in [3.63, 3.8) is 0 Å². The molecule has 0 radical (unpaired) electrons. The van der Waals surface area contributed by atoms with E-state index in [0.29, 0.717) is 6.04 Å². The maximum Gasteiger partial charge on any atom is 0.0679 e. The average molecular weight is 101 g/mol. The minimum absolute atomic E-state index is 0.0880. The zero-order valence-corrected chi connectivity index (χ0v) is 4.52. The summed E-state index contributed by atoms with van der Waals surface area (Å²) in [5.74, 6) is 0. The average Bonchev–Trinajstić information content (AvgIpc) is 1.87. The molecule has 0 aromatic heterocycles. The van der Waals surface area contributed by atoms with Crippen LogP contribution in [0.1, 0.15) is 13.3 Å². The molecule has 7 heavy (non-hydrogen) atoms. The second kappa shape index (κ2) is 1.80. The van der Waals surface area contributed by atoms with Gasteiger partial charge >= 0.3 is 0 Å². The van der Waals surface area contributed by atoms with Crippen molar-refractivity contribution in [3.05, 3.63) is 0 Å². The number of β-amino-alcohol motifs (C(OH)–C–C–N with tert-alkyl or cyclic N) is 1. The number of nitrogens with one attached hydrogen (secondary N) is 1. The predicted octanol–water partition coefficient (Wildman–Crippen LogP) is -0.271. The van der Waals surface area contributed by atoms with E-state index in [-0.39, 0.29) is 6.10 Å². The van der Waals surface area contributed by atoms with Gasteiger partial charge in [-0.1, -0.05) is 0 Å². The van der Waals surface area contributed by atoms with E-state index in [0.717, 1.165) is 13.0 Å². The molecule has 1 saturated heterocycles. The van der Waals surface area contributed by atoms with Gasteiger partial charge < -0.3 is 10.4 Å². The van der Waals surface area contributed by atoms with Crippen molar-refractivity contribution in [2.24, 2.45) is 0 Å². The fourth-order valence-electron chi connectivity index (χ4n) is 0.912. The van der Waals surface area contributed by atoms with Crippen molar-refractivity contribution in [1.29, 1.82) is 0 Å². The van der Waals surface area contributed by atoms with E-state index in [1.165, 1.54) is 0 Å². The Morgan fingerprint density at radius 3 is 2.57 bits per heavy atom. The lowest BCUT2D eigenvalue weighted by molar-refractivity contribution is 0.194. The molecule has 2 atom stereocenters. The number of aliphatic hydroxyl groups excluding tert-OH is 1. The van der Waals surface area contributed by atoms with E-state index in [1.54, 1.807) is 0 Å². The molecule has 42 valence electrons. The van der Waals surface area contributed by atoms with Gasteiger partial charge in [0.05, 0.1) is 6.10 Å². The molecule has 0 aromatic rings. The van der Waals surface area contributed by atoms with Gasteiger partial charge in [0.15, 0.2) is 0 Å². The van der Waals surface area contributed by atoms with Crippen LogP contribution in [0.2, 0.25) is 0 Å². The molecule has 0 spiro atoms. The zero-order valence-electron chi connectivity index (χ0n) is 4.52. The highest BCUT2D eigenvalue weighted by Gasteiger charge is 2.16. The van der Waals surface area contributed by atoms with Gasteiger partial charge in [0.25, 0.3) is 0 Å². The first-order chi connectivity index (χ1) is 3.29. The third kappa shape index (κ3) is 1.14. The molecule has 1 aliphatic rings. The normalized spacial score (nSPS) is 42.0. The van der Waals surface area contributed by atoms with Gasteiger partial charge in [-0.15, -0.1) is 0 Å². The standard InChI is InChI=1S/C5H11NO/c1-4-2-5(7)3-6-4/h4-7H,2-3H2,1H3/t4-,5?/m1/s1. The minimum Gasteiger partial charge on any atom is -0.392 e. The zero-order chi connectivity index (χ0) is 5.28. The Balaban J connectivity index is 2.26. The van der Waals surface area contributed by atoms with Crippen LogP contribution in [-0.2, 0) is 0 Å². The monoisotopic (exact) mass is 101 g/mol. The van der Waals surface area contributed by atoms with Gasteiger partial charge in [0, 0.05) is 12.6 Å². The van der Waals surface area contributed by atoms with E-state index in [4.69, 9.17) is 5.11 Å². The van der Waals surface area contributed by atoms with Crippen molar-refractivity contribution < 1.29 is 5.11 Å². The first kappa shape index (κ1) is 5.06. The van der Waals surface area contributed by atoms with Gasteiger partial charge in [-0.2, -0.15) is 0 Å². The summed E-state index contributed by atoms with van der Waals surface area (Å²) >= 11 is 0. The van der Waals surface area contributed by atoms with Gasteiger partial charge in [-0.05, 0) is 13.3 Å². The summed E-state index contributed by atoms with van der Waals surface area (Å²) in [7, 11) is 0. The van der Waals surface area contributed by atoms with E-state index in [9.17, 15) is 0 Å². The molecule has 0 aliphatic carbocycles. The van der Waals surface area contributed by atoms with Crippen LogP contribution in [0, 0.1) is 0 Å². The lowest BCUT2D eigenvalue weighted by Gasteiger charge is -1.95. The van der Waals surface area contributed by atoms with Crippen LogP contribution in [0.15, 0.2) is 0 Å². The van der Waals surface area contributed by atoms with E-state index in [1.807, 2.05) is 0 Å². The highest BCUT2D eigenvalue weighted by Crippen LogP contribution is 2.03. The van der Waals surface area contributed by atoms with Crippen molar-refractivity contribution in [3.8, 4) is 0 Å². The van der Waals surface area contributed by atoms with Crippen molar-refractivity contribution in [2.45, 2.75) is 25.5 Å². The molecule has 1 aliphatic heterocycles. The molecule has 2 N–H and O–H groups in total. The van der Waals surface area contributed by atoms with Crippen LogP contribution in [-0.4, -0.2) is 23.8 Å². The van der Waals surface area contributed by atoms with Crippen molar-refractivity contribution in [2.75, 3.05) is 6.54 Å². The Bertz CT molecular complexity index is 57.1. The van der Waals surface area contributed by atoms with Crippen LogP contribution in [0.25, 0.3) is 0 Å². The highest BCUT2D eigenvalue weighted by molar-refractivity contribution is 4.76. The van der Waals surface area contributed by atoms with Crippen molar-refractivity contribution in [1.82, 2.24) is 5.32 Å². The molecule has 0 saturated carbocycles. The third-order valence-electron chi connectivity index (χ3n) is 1.33. The van der Waals surface area contributed by atoms with Crippen molar-refractivity contribution >= 4 is 0 Å². The Labute approximate surface area is 43.5 Å². The largest absolute Gasteiger partial charge is 0.392 e. The molecule has 1 heterocycles. The Kier molecular flexibility index (Phi) is 1.30. The van der Waals surface area contributed by atoms with Crippen LogP contribution >= 0.6 is 0 Å². The molecule has 1 unspecified atom stereocenters. The fourth-order valence-corrected chi connectivity index (χ4v) is 0.912. The summed E-state index contributed by atoms with van der Waals surface area (Å²) in [6, 6.07) is 0.523. The Hall–Kier alpha value is -0.0800. The van der Waals surface area contributed by atoms with Gasteiger partial charge in [-0.25, -0.2) is 0 Å². The van der Waals surface area contributed by atoms with E-state index >= 15 is 0 Å². The minimum atomic E-state index is -0.0880. The molecule has 0 aromatic carbocycles. The second-order valence-electron chi connectivity index (χ2n) is 2.20.